The Labute approximate surface area is 123 Å². The molecule has 0 fully saturated rings. The number of rotatable bonds is 2. The van der Waals surface area contributed by atoms with E-state index in [0.717, 1.165) is 5.70 Å². The van der Waals surface area contributed by atoms with Crippen LogP contribution in [0.3, 0.4) is 0 Å². The Kier molecular flexibility index (Phi) is 5.39. The van der Waals surface area contributed by atoms with E-state index in [1.54, 1.807) is 6.08 Å². The Hall–Kier alpha value is -0.427. The van der Waals surface area contributed by atoms with Crippen molar-refractivity contribution >= 4 is 13.5 Å². The fourth-order valence-corrected chi connectivity index (χ4v) is 22.3. The summed E-state index contributed by atoms with van der Waals surface area (Å²) in [5.41, 5.74) is 1.02. The van der Waals surface area contributed by atoms with Gasteiger partial charge in [-0.25, -0.2) is 0 Å². The molecule has 0 bridgehead atoms. The van der Waals surface area contributed by atoms with Crippen LogP contribution in [0.1, 0.15) is 69.2 Å². The fraction of sp³-hybridized carbons (Fsp3) is 0.812. The van der Waals surface area contributed by atoms with E-state index in [4.69, 9.17) is 5.26 Å². The quantitative estimate of drug-likeness (QED) is 0.549. The minimum absolute atomic E-state index is 0.237. The van der Waals surface area contributed by atoms with E-state index in [1.807, 2.05) is 6.92 Å². The van der Waals surface area contributed by atoms with E-state index in [9.17, 15) is 0 Å². The molecule has 110 valence electrons. The molecule has 0 amide bonds. The van der Waals surface area contributed by atoms with Crippen molar-refractivity contribution in [3.8, 4) is 6.07 Å². The zero-order chi connectivity index (χ0) is 15.7. The van der Waals surface area contributed by atoms with Crippen molar-refractivity contribution in [3.63, 3.8) is 0 Å². The van der Waals surface area contributed by atoms with Crippen molar-refractivity contribution in [1.29, 1.82) is 5.26 Å². The first kappa shape index (κ1) is 18.6. The molecule has 0 atom stereocenters. The zero-order valence-corrected chi connectivity index (χ0v) is 16.6. The first-order chi connectivity index (χ1) is 8.20. The molecule has 0 rings (SSSR count). The van der Waals surface area contributed by atoms with Gasteiger partial charge in [0.2, 0.25) is 0 Å². The summed E-state index contributed by atoms with van der Waals surface area (Å²) >= 11 is -2.61. The van der Waals surface area contributed by atoms with Crippen LogP contribution in [0.25, 0.3) is 0 Å². The molecule has 0 unspecified atom stereocenters. The second kappa shape index (κ2) is 5.52. The second-order valence-corrected chi connectivity index (χ2v) is 21.7. The van der Waals surface area contributed by atoms with Crippen LogP contribution in [-0.4, -0.2) is 13.5 Å². The number of hydrogen-bond donors (Lipinski definition) is 1. The molecule has 0 aromatic heterocycles. The summed E-state index contributed by atoms with van der Waals surface area (Å²) in [6.07, 6.45) is 1.64. The molecule has 0 aromatic rings. The number of nitrogens with zero attached hydrogens (tertiary/aromatic N) is 1. The number of nitriles is 1. The van der Waals surface area contributed by atoms with Gasteiger partial charge in [0, 0.05) is 0 Å². The van der Waals surface area contributed by atoms with Crippen LogP contribution in [0.15, 0.2) is 11.8 Å². The standard InChI is InChI=1S/C16H32GeN2/c1-13(11-12-18)19-17(14(2,3)4,15(5,6)7)16(8,9)10/h11,19H,1-10H3/b13-11+. The van der Waals surface area contributed by atoms with Gasteiger partial charge in [-0.3, -0.25) is 0 Å². The summed E-state index contributed by atoms with van der Waals surface area (Å²) in [6, 6.07) is 2.15. The third kappa shape index (κ3) is 3.57. The van der Waals surface area contributed by atoms with Crippen molar-refractivity contribution in [2.45, 2.75) is 82.0 Å². The predicted molar refractivity (Wildman–Crippen MR) is 87.4 cm³/mol. The van der Waals surface area contributed by atoms with Crippen molar-refractivity contribution in [2.24, 2.45) is 0 Å². The SMILES string of the molecule is C/C(=C\C#N)[NH][Ge]([C](C)(C)C)([C](C)(C)C)[C](C)(C)C. The van der Waals surface area contributed by atoms with Crippen LogP contribution in [0.4, 0.5) is 0 Å². The van der Waals surface area contributed by atoms with E-state index in [1.165, 1.54) is 0 Å². The monoisotopic (exact) mass is 326 g/mol. The van der Waals surface area contributed by atoms with Crippen LogP contribution in [-0.2, 0) is 0 Å². The summed E-state index contributed by atoms with van der Waals surface area (Å²) in [6.45, 7) is 23.2. The molecular weight excluding hydrogens is 293 g/mol. The fourth-order valence-electron chi connectivity index (χ4n) is 4.37. The van der Waals surface area contributed by atoms with Crippen molar-refractivity contribution in [1.82, 2.24) is 4.27 Å². The van der Waals surface area contributed by atoms with E-state index >= 15 is 0 Å². The summed E-state index contributed by atoms with van der Waals surface area (Å²) in [5.74, 6) is 0. The Morgan fingerprint density at radius 1 is 0.895 bits per heavy atom. The molecular formula is C16H32GeN2. The number of nitrogens with one attached hydrogen (secondary N) is 1. The molecule has 0 spiro atoms. The van der Waals surface area contributed by atoms with Crippen LogP contribution in [0.5, 0.6) is 0 Å². The molecule has 0 saturated carbocycles. The summed E-state index contributed by atoms with van der Waals surface area (Å²) < 4.78 is 4.59. The molecule has 0 aliphatic rings. The molecule has 0 aromatic carbocycles. The van der Waals surface area contributed by atoms with Gasteiger partial charge in [-0.05, 0) is 0 Å². The zero-order valence-electron chi connectivity index (χ0n) is 14.5. The Bertz CT molecular complexity index is 345. The summed E-state index contributed by atoms with van der Waals surface area (Å²) in [5, 5.41) is 8.90. The van der Waals surface area contributed by atoms with Gasteiger partial charge in [0.15, 0.2) is 0 Å². The maximum absolute atomic E-state index is 8.90. The minimum atomic E-state index is -2.61. The number of allylic oxidation sites excluding steroid dienone is 2. The van der Waals surface area contributed by atoms with E-state index in [2.05, 4.69) is 72.7 Å². The van der Waals surface area contributed by atoms with Gasteiger partial charge in [-0.1, -0.05) is 0 Å². The van der Waals surface area contributed by atoms with Crippen molar-refractivity contribution in [2.75, 3.05) is 0 Å². The van der Waals surface area contributed by atoms with Crippen molar-refractivity contribution in [3.05, 3.63) is 11.8 Å². The third-order valence-electron chi connectivity index (χ3n) is 4.04. The van der Waals surface area contributed by atoms with Gasteiger partial charge < -0.3 is 0 Å². The maximum atomic E-state index is 8.90. The van der Waals surface area contributed by atoms with E-state index in [0.29, 0.717) is 0 Å². The van der Waals surface area contributed by atoms with Gasteiger partial charge in [0.25, 0.3) is 0 Å². The molecule has 0 radical (unpaired) electrons. The van der Waals surface area contributed by atoms with Crippen LogP contribution in [0.2, 0.25) is 12.7 Å². The van der Waals surface area contributed by atoms with Crippen LogP contribution >= 0.6 is 0 Å². The molecule has 19 heavy (non-hydrogen) atoms. The topological polar surface area (TPSA) is 35.8 Å². The Morgan fingerprint density at radius 3 is 1.42 bits per heavy atom. The summed E-state index contributed by atoms with van der Waals surface area (Å²) in [7, 11) is 0. The van der Waals surface area contributed by atoms with Gasteiger partial charge in [0.1, 0.15) is 0 Å². The molecule has 0 heterocycles. The normalized spacial score (nSPS) is 15.1. The average Bonchev–Trinajstić information content (AvgIpc) is 2.08. The molecule has 0 aliphatic heterocycles. The molecule has 2 nitrogen and oxygen atoms in total. The van der Waals surface area contributed by atoms with E-state index < -0.39 is 13.5 Å². The molecule has 0 aliphatic carbocycles. The second-order valence-electron chi connectivity index (χ2n) is 8.58. The Balaban J connectivity index is 6.14. The van der Waals surface area contributed by atoms with Crippen molar-refractivity contribution < 1.29 is 0 Å². The third-order valence-corrected chi connectivity index (χ3v) is 19.8. The van der Waals surface area contributed by atoms with Crippen LogP contribution < -0.4 is 4.27 Å². The van der Waals surface area contributed by atoms with Gasteiger partial charge in [-0.2, -0.15) is 0 Å². The molecule has 0 saturated heterocycles. The first-order valence-corrected chi connectivity index (χ1v) is 11.2. The first-order valence-electron chi connectivity index (χ1n) is 7.05. The van der Waals surface area contributed by atoms with Gasteiger partial charge in [0.05, 0.1) is 0 Å². The van der Waals surface area contributed by atoms with E-state index in [-0.39, 0.29) is 12.7 Å². The predicted octanol–water partition coefficient (Wildman–Crippen LogP) is 5.35. The van der Waals surface area contributed by atoms with Gasteiger partial charge >= 0.3 is 123 Å². The average molecular weight is 325 g/mol. The Morgan fingerprint density at radius 2 is 1.21 bits per heavy atom. The molecule has 1 N–H and O–H groups in total. The molecule has 3 heteroatoms. The van der Waals surface area contributed by atoms with Gasteiger partial charge in [-0.15, -0.1) is 0 Å². The van der Waals surface area contributed by atoms with Crippen LogP contribution in [0, 0.1) is 11.3 Å². The summed E-state index contributed by atoms with van der Waals surface area (Å²) in [4.78, 5) is 0. The number of hydrogen-bond acceptors (Lipinski definition) is 2.